The molecule has 0 atom stereocenters. The third kappa shape index (κ3) is 5.79. The first kappa shape index (κ1) is 16.9. The zero-order chi connectivity index (χ0) is 14.4. The molecule has 3 nitrogen and oxygen atoms in total. The molecule has 0 amide bonds. The lowest BCUT2D eigenvalue weighted by molar-refractivity contribution is -0.0498. The van der Waals surface area contributed by atoms with Crippen molar-refractivity contribution < 1.29 is 13.5 Å². The van der Waals surface area contributed by atoms with Gasteiger partial charge < -0.3 is 4.74 Å². The van der Waals surface area contributed by atoms with Crippen molar-refractivity contribution in [2.45, 2.75) is 13.5 Å². The van der Waals surface area contributed by atoms with E-state index < -0.39 is 6.61 Å². The van der Waals surface area contributed by atoms with Gasteiger partial charge in [-0.05, 0) is 36.8 Å². The van der Waals surface area contributed by atoms with Crippen LogP contribution in [0.5, 0.6) is 5.75 Å². The summed E-state index contributed by atoms with van der Waals surface area (Å²) in [6.07, 6.45) is 1.54. The molecule has 2 aromatic rings. The molecule has 0 aliphatic carbocycles. The molecule has 0 heterocycles. The lowest BCUT2D eigenvalue weighted by Crippen LogP contribution is -2.02. The molecule has 0 radical (unpaired) electrons. The number of ether oxygens (including phenoxy) is 1. The molecule has 2 aromatic carbocycles. The van der Waals surface area contributed by atoms with Crippen molar-refractivity contribution in [1.29, 1.82) is 0 Å². The van der Waals surface area contributed by atoms with Crippen LogP contribution in [0.2, 0.25) is 0 Å². The highest BCUT2D eigenvalue weighted by atomic mass is 35.5. The van der Waals surface area contributed by atoms with Gasteiger partial charge in [-0.1, -0.05) is 29.8 Å². The minimum Gasteiger partial charge on any atom is -0.435 e. The van der Waals surface area contributed by atoms with Crippen LogP contribution in [0, 0.1) is 6.92 Å². The molecule has 112 valence electrons. The molecular weight excluding hydrogens is 298 g/mol. The molecule has 21 heavy (non-hydrogen) atoms. The number of hydrogen-bond donors (Lipinski definition) is 1. The highest BCUT2D eigenvalue weighted by molar-refractivity contribution is 5.85. The molecule has 0 unspecified atom stereocenters. The van der Waals surface area contributed by atoms with Crippen molar-refractivity contribution in [1.82, 2.24) is 0 Å². The Labute approximate surface area is 128 Å². The molecule has 0 spiro atoms. The average molecular weight is 313 g/mol. The first-order valence-electron chi connectivity index (χ1n) is 6.04. The second-order valence-electron chi connectivity index (χ2n) is 4.19. The molecule has 0 bridgehead atoms. The van der Waals surface area contributed by atoms with Gasteiger partial charge in [0.05, 0.1) is 11.9 Å². The van der Waals surface area contributed by atoms with Crippen LogP contribution >= 0.6 is 12.4 Å². The van der Waals surface area contributed by atoms with Gasteiger partial charge in [0.15, 0.2) is 0 Å². The van der Waals surface area contributed by atoms with Gasteiger partial charge in [0.25, 0.3) is 0 Å². The number of rotatable bonds is 5. The molecular formula is C15H15ClF2N2O. The van der Waals surface area contributed by atoms with Gasteiger partial charge >= 0.3 is 6.61 Å². The zero-order valence-electron chi connectivity index (χ0n) is 11.3. The van der Waals surface area contributed by atoms with Crippen molar-refractivity contribution >= 4 is 24.3 Å². The van der Waals surface area contributed by atoms with Crippen LogP contribution in [-0.4, -0.2) is 12.8 Å². The quantitative estimate of drug-likeness (QED) is 0.653. The van der Waals surface area contributed by atoms with Gasteiger partial charge in [0, 0.05) is 0 Å². The van der Waals surface area contributed by atoms with E-state index in [1.54, 1.807) is 12.1 Å². The minimum atomic E-state index is -2.83. The summed E-state index contributed by atoms with van der Waals surface area (Å²) in [4.78, 5) is 0. The summed E-state index contributed by atoms with van der Waals surface area (Å²) in [6.45, 7) is -0.825. The van der Waals surface area contributed by atoms with E-state index >= 15 is 0 Å². The van der Waals surface area contributed by atoms with E-state index in [0.29, 0.717) is 5.56 Å². The maximum Gasteiger partial charge on any atom is 0.387 e. The number of aryl methyl sites for hydroxylation is 1. The van der Waals surface area contributed by atoms with Crippen LogP contribution in [0.15, 0.2) is 53.6 Å². The Morgan fingerprint density at radius 3 is 2.52 bits per heavy atom. The lowest BCUT2D eigenvalue weighted by atomic mass is 10.2. The monoisotopic (exact) mass is 312 g/mol. The van der Waals surface area contributed by atoms with Crippen LogP contribution in [0.1, 0.15) is 11.1 Å². The van der Waals surface area contributed by atoms with E-state index in [2.05, 4.69) is 15.3 Å². The second kappa shape index (κ2) is 8.21. The number of halogens is 3. The number of hydrogen-bond acceptors (Lipinski definition) is 3. The molecule has 0 aromatic heterocycles. The molecule has 0 fully saturated rings. The Balaban J connectivity index is 0.00000220. The summed E-state index contributed by atoms with van der Waals surface area (Å²) < 4.78 is 28.5. The van der Waals surface area contributed by atoms with Crippen LogP contribution in [-0.2, 0) is 0 Å². The highest BCUT2D eigenvalue weighted by Crippen LogP contribution is 2.15. The van der Waals surface area contributed by atoms with Crippen molar-refractivity contribution in [3.05, 3.63) is 59.7 Å². The summed E-state index contributed by atoms with van der Waals surface area (Å²) in [5.41, 5.74) is 5.55. The predicted molar refractivity (Wildman–Crippen MR) is 82.7 cm³/mol. The fourth-order valence-corrected chi connectivity index (χ4v) is 1.58. The maximum atomic E-state index is 12.1. The largest absolute Gasteiger partial charge is 0.435 e. The molecule has 1 N–H and O–H groups in total. The number of anilines is 1. The highest BCUT2D eigenvalue weighted by Gasteiger charge is 2.03. The molecule has 0 saturated carbocycles. The number of alkyl halides is 2. The summed E-state index contributed by atoms with van der Waals surface area (Å²) in [5, 5.41) is 4.04. The topological polar surface area (TPSA) is 33.6 Å². The summed E-state index contributed by atoms with van der Waals surface area (Å²) in [6, 6.07) is 14.1. The fraction of sp³-hybridized carbons (Fsp3) is 0.133. The number of nitrogens with zero attached hydrogens (tertiary/aromatic N) is 1. The maximum absolute atomic E-state index is 12.1. The average Bonchev–Trinajstić information content (AvgIpc) is 2.41. The Hall–Kier alpha value is -2.14. The Morgan fingerprint density at radius 2 is 1.86 bits per heavy atom. The number of benzene rings is 2. The fourth-order valence-electron chi connectivity index (χ4n) is 1.58. The summed E-state index contributed by atoms with van der Waals surface area (Å²) >= 11 is 0. The zero-order valence-corrected chi connectivity index (χ0v) is 12.1. The molecule has 2 rings (SSSR count). The van der Waals surface area contributed by atoms with Gasteiger partial charge in [-0.15, -0.1) is 12.4 Å². The van der Waals surface area contributed by atoms with Gasteiger partial charge in [-0.3, -0.25) is 5.43 Å². The second-order valence-corrected chi connectivity index (χ2v) is 4.19. The van der Waals surface area contributed by atoms with E-state index in [4.69, 9.17) is 0 Å². The summed E-state index contributed by atoms with van der Waals surface area (Å²) in [5.74, 6) is 0.110. The third-order valence-corrected chi connectivity index (χ3v) is 2.54. The normalized spacial score (nSPS) is 10.5. The van der Waals surface area contributed by atoms with E-state index in [1.807, 2.05) is 31.2 Å². The summed E-state index contributed by atoms with van der Waals surface area (Å²) in [7, 11) is 0. The standard InChI is InChI=1S/C15H14F2N2O.ClH/c1-11-5-7-13(8-6-11)19-18-10-12-3-2-4-14(9-12)20-15(16)17;/h2-10,15,19H,1H3;1H. The minimum absolute atomic E-state index is 0. The van der Waals surface area contributed by atoms with E-state index in [9.17, 15) is 8.78 Å². The van der Waals surface area contributed by atoms with E-state index in [0.717, 1.165) is 11.3 Å². The Bertz CT molecular complexity index is 588. The number of hydrazone groups is 1. The predicted octanol–water partition coefficient (Wildman–Crippen LogP) is 4.46. The van der Waals surface area contributed by atoms with Gasteiger partial charge in [0.2, 0.25) is 0 Å². The van der Waals surface area contributed by atoms with Gasteiger partial charge in [-0.2, -0.15) is 13.9 Å². The Morgan fingerprint density at radius 1 is 1.14 bits per heavy atom. The van der Waals surface area contributed by atoms with Crippen molar-refractivity contribution in [2.75, 3.05) is 5.43 Å². The van der Waals surface area contributed by atoms with Crippen LogP contribution in [0.4, 0.5) is 14.5 Å². The van der Waals surface area contributed by atoms with Crippen LogP contribution in [0.25, 0.3) is 0 Å². The van der Waals surface area contributed by atoms with Crippen molar-refractivity contribution in [2.24, 2.45) is 5.10 Å². The number of nitrogens with one attached hydrogen (secondary N) is 1. The third-order valence-electron chi connectivity index (χ3n) is 2.54. The van der Waals surface area contributed by atoms with Crippen molar-refractivity contribution in [3.63, 3.8) is 0 Å². The Kier molecular flexibility index (Phi) is 6.62. The van der Waals surface area contributed by atoms with Gasteiger partial charge in [0.1, 0.15) is 5.75 Å². The molecule has 0 aliphatic heterocycles. The van der Waals surface area contributed by atoms with Gasteiger partial charge in [-0.25, -0.2) is 0 Å². The lowest BCUT2D eigenvalue weighted by Gasteiger charge is -2.04. The van der Waals surface area contributed by atoms with Crippen LogP contribution < -0.4 is 10.2 Å². The van der Waals surface area contributed by atoms with Crippen LogP contribution in [0.3, 0.4) is 0 Å². The smallest absolute Gasteiger partial charge is 0.387 e. The van der Waals surface area contributed by atoms with Crippen molar-refractivity contribution in [3.8, 4) is 5.75 Å². The SMILES string of the molecule is Cc1ccc(NN=Cc2cccc(OC(F)F)c2)cc1.Cl. The molecule has 0 aliphatic rings. The first-order valence-corrected chi connectivity index (χ1v) is 6.04. The van der Waals surface area contributed by atoms with E-state index in [-0.39, 0.29) is 18.2 Å². The van der Waals surface area contributed by atoms with E-state index in [1.165, 1.54) is 18.3 Å². The molecule has 0 saturated heterocycles. The molecule has 6 heteroatoms. The first-order chi connectivity index (χ1) is 9.63.